The van der Waals surface area contributed by atoms with Gasteiger partial charge in [-0.25, -0.2) is 0 Å². The van der Waals surface area contributed by atoms with Crippen LogP contribution in [0.4, 0.5) is 0 Å². The Morgan fingerprint density at radius 3 is 2.10 bits per heavy atom. The van der Waals surface area contributed by atoms with Crippen molar-refractivity contribution in [3.63, 3.8) is 0 Å². The number of carbonyl (C=O) groups is 2. The molecule has 1 heterocycles. The Bertz CT molecular complexity index is 406. The molecule has 5 heteroatoms. The molecule has 0 aromatic heterocycles. The Hall–Kier alpha value is -1.10. The van der Waals surface area contributed by atoms with Crippen LogP contribution in [0.1, 0.15) is 61.3 Å². The third kappa shape index (κ3) is 3.57. The van der Waals surface area contributed by atoms with E-state index in [1.165, 1.54) is 0 Å². The van der Waals surface area contributed by atoms with Crippen LogP contribution in [-0.4, -0.2) is 46.5 Å². The third-order valence-electron chi connectivity index (χ3n) is 4.16. The van der Waals surface area contributed by atoms with Crippen molar-refractivity contribution in [1.29, 1.82) is 0 Å². The SMILES string of the molecule is CCC1(CC)C(=O)NC(C)(C)C(=O)N1CCOC(C)(C)C. The number of rotatable bonds is 5. The van der Waals surface area contributed by atoms with Crippen LogP contribution in [0.2, 0.25) is 0 Å². The monoisotopic (exact) mass is 298 g/mol. The van der Waals surface area contributed by atoms with Crippen LogP contribution in [-0.2, 0) is 14.3 Å². The molecule has 0 unspecified atom stereocenters. The molecule has 0 aromatic carbocycles. The van der Waals surface area contributed by atoms with Crippen LogP contribution < -0.4 is 5.32 Å². The predicted octanol–water partition coefficient (Wildman–Crippen LogP) is 2.10. The summed E-state index contributed by atoms with van der Waals surface area (Å²) < 4.78 is 5.74. The summed E-state index contributed by atoms with van der Waals surface area (Å²) in [5, 5.41) is 2.86. The summed E-state index contributed by atoms with van der Waals surface area (Å²) in [4.78, 5) is 27.0. The summed E-state index contributed by atoms with van der Waals surface area (Å²) >= 11 is 0. The molecule has 0 bridgehead atoms. The molecule has 1 aliphatic rings. The molecular weight excluding hydrogens is 268 g/mol. The van der Waals surface area contributed by atoms with Gasteiger partial charge >= 0.3 is 0 Å². The minimum absolute atomic E-state index is 0.0386. The first-order chi connectivity index (χ1) is 9.50. The summed E-state index contributed by atoms with van der Waals surface area (Å²) in [5.74, 6) is -0.101. The van der Waals surface area contributed by atoms with Gasteiger partial charge in [-0.05, 0) is 47.5 Å². The van der Waals surface area contributed by atoms with E-state index >= 15 is 0 Å². The molecule has 1 fully saturated rings. The third-order valence-corrected chi connectivity index (χ3v) is 4.16. The van der Waals surface area contributed by atoms with E-state index in [2.05, 4.69) is 5.32 Å². The van der Waals surface area contributed by atoms with E-state index in [1.807, 2.05) is 34.6 Å². The number of carbonyl (C=O) groups excluding carboxylic acids is 2. The standard InChI is InChI=1S/C16H30N2O3/c1-8-16(9-2)12(19)17-15(6,7)13(20)18(16)10-11-21-14(3,4)5/h8-11H2,1-7H3,(H,17,19). The Morgan fingerprint density at radius 1 is 1.14 bits per heavy atom. The van der Waals surface area contributed by atoms with E-state index < -0.39 is 11.1 Å². The zero-order chi connectivity index (χ0) is 16.5. The van der Waals surface area contributed by atoms with Gasteiger partial charge in [-0.3, -0.25) is 9.59 Å². The summed E-state index contributed by atoms with van der Waals surface area (Å²) in [6.45, 7) is 14.2. The fraction of sp³-hybridized carbons (Fsp3) is 0.875. The van der Waals surface area contributed by atoms with Crippen molar-refractivity contribution >= 4 is 11.8 Å². The molecular formula is C16H30N2O3. The van der Waals surface area contributed by atoms with Gasteiger partial charge in [0.25, 0.3) is 0 Å². The molecule has 2 amide bonds. The van der Waals surface area contributed by atoms with Gasteiger partial charge in [0.1, 0.15) is 11.1 Å². The lowest BCUT2D eigenvalue weighted by molar-refractivity contribution is -0.164. The molecule has 1 aliphatic heterocycles. The van der Waals surface area contributed by atoms with Gasteiger partial charge in [0.05, 0.1) is 12.2 Å². The highest BCUT2D eigenvalue weighted by Crippen LogP contribution is 2.31. The number of amides is 2. The fourth-order valence-electron chi connectivity index (χ4n) is 2.82. The maximum atomic E-state index is 12.7. The lowest BCUT2D eigenvalue weighted by Crippen LogP contribution is -2.74. The van der Waals surface area contributed by atoms with E-state index in [-0.39, 0.29) is 17.4 Å². The summed E-state index contributed by atoms with van der Waals surface area (Å²) in [5.41, 5.74) is -1.86. The second-order valence-electron chi connectivity index (χ2n) is 7.24. The van der Waals surface area contributed by atoms with E-state index in [0.717, 1.165) is 0 Å². The molecule has 21 heavy (non-hydrogen) atoms. The zero-order valence-electron chi connectivity index (χ0n) is 14.5. The van der Waals surface area contributed by atoms with Crippen molar-refractivity contribution in [3.8, 4) is 0 Å². The first-order valence-corrected chi connectivity index (χ1v) is 7.79. The van der Waals surface area contributed by atoms with Crippen molar-refractivity contribution in [2.75, 3.05) is 13.2 Å². The molecule has 1 rings (SSSR count). The number of hydrogen-bond donors (Lipinski definition) is 1. The quantitative estimate of drug-likeness (QED) is 0.845. The molecule has 5 nitrogen and oxygen atoms in total. The molecule has 1 N–H and O–H groups in total. The van der Waals surface area contributed by atoms with Crippen molar-refractivity contribution in [1.82, 2.24) is 10.2 Å². The molecule has 0 radical (unpaired) electrons. The van der Waals surface area contributed by atoms with E-state index in [4.69, 9.17) is 4.74 Å². The minimum Gasteiger partial charge on any atom is -0.374 e. The van der Waals surface area contributed by atoms with Gasteiger partial charge in [-0.1, -0.05) is 13.8 Å². The van der Waals surface area contributed by atoms with Crippen molar-refractivity contribution in [2.45, 2.75) is 78.0 Å². The first kappa shape index (κ1) is 18.0. The fourth-order valence-corrected chi connectivity index (χ4v) is 2.82. The van der Waals surface area contributed by atoms with E-state index in [9.17, 15) is 9.59 Å². The lowest BCUT2D eigenvalue weighted by Gasteiger charge is -2.50. The summed E-state index contributed by atoms with van der Waals surface area (Å²) in [7, 11) is 0. The van der Waals surface area contributed by atoms with Crippen molar-refractivity contribution < 1.29 is 14.3 Å². The highest BCUT2D eigenvalue weighted by molar-refractivity contribution is 6.01. The smallest absolute Gasteiger partial charge is 0.248 e. The first-order valence-electron chi connectivity index (χ1n) is 7.79. The predicted molar refractivity (Wildman–Crippen MR) is 83.0 cm³/mol. The maximum absolute atomic E-state index is 12.7. The van der Waals surface area contributed by atoms with Crippen molar-refractivity contribution in [2.24, 2.45) is 0 Å². The largest absolute Gasteiger partial charge is 0.374 e. The number of hydrogen-bond acceptors (Lipinski definition) is 3. The second kappa shape index (κ2) is 5.95. The van der Waals surface area contributed by atoms with Crippen LogP contribution in [0.15, 0.2) is 0 Å². The number of piperazine rings is 1. The molecule has 122 valence electrons. The van der Waals surface area contributed by atoms with Crippen LogP contribution in [0, 0.1) is 0 Å². The molecule has 0 aromatic rings. The van der Waals surface area contributed by atoms with Gasteiger partial charge in [-0.2, -0.15) is 0 Å². The summed E-state index contributed by atoms with van der Waals surface area (Å²) in [6.07, 6.45) is 1.21. The van der Waals surface area contributed by atoms with Crippen LogP contribution in [0.5, 0.6) is 0 Å². The Kier molecular flexibility index (Phi) is 5.09. The highest BCUT2D eigenvalue weighted by atomic mass is 16.5. The van der Waals surface area contributed by atoms with Gasteiger partial charge < -0.3 is 15.0 Å². The minimum atomic E-state index is -0.855. The van der Waals surface area contributed by atoms with Crippen LogP contribution in [0.3, 0.4) is 0 Å². The topological polar surface area (TPSA) is 58.6 Å². The van der Waals surface area contributed by atoms with Gasteiger partial charge in [0.15, 0.2) is 0 Å². The van der Waals surface area contributed by atoms with Crippen LogP contribution in [0.25, 0.3) is 0 Å². The van der Waals surface area contributed by atoms with E-state index in [1.54, 1.807) is 18.7 Å². The molecule has 0 aliphatic carbocycles. The molecule has 0 spiro atoms. The highest BCUT2D eigenvalue weighted by Gasteiger charge is 2.53. The Balaban J connectivity index is 3.00. The van der Waals surface area contributed by atoms with E-state index in [0.29, 0.717) is 26.0 Å². The molecule has 1 saturated heterocycles. The molecule has 0 atom stereocenters. The average Bonchev–Trinajstić information content (AvgIpc) is 2.34. The Labute approximate surface area is 128 Å². The van der Waals surface area contributed by atoms with Crippen LogP contribution >= 0.6 is 0 Å². The van der Waals surface area contributed by atoms with Gasteiger partial charge in [0.2, 0.25) is 11.8 Å². The molecule has 0 saturated carbocycles. The zero-order valence-corrected chi connectivity index (χ0v) is 14.5. The van der Waals surface area contributed by atoms with Gasteiger partial charge in [0, 0.05) is 6.54 Å². The maximum Gasteiger partial charge on any atom is 0.248 e. The average molecular weight is 298 g/mol. The summed E-state index contributed by atoms with van der Waals surface area (Å²) in [6, 6.07) is 0. The lowest BCUT2D eigenvalue weighted by atomic mass is 9.83. The number of nitrogens with zero attached hydrogens (tertiary/aromatic N) is 1. The normalized spacial score (nSPS) is 21.4. The second-order valence-corrected chi connectivity index (χ2v) is 7.24. The van der Waals surface area contributed by atoms with Crippen molar-refractivity contribution in [3.05, 3.63) is 0 Å². The van der Waals surface area contributed by atoms with Gasteiger partial charge in [-0.15, -0.1) is 0 Å². The number of ether oxygens (including phenoxy) is 1. The number of nitrogens with one attached hydrogen (secondary N) is 1. The Morgan fingerprint density at radius 2 is 1.67 bits per heavy atom.